The molecule has 0 aliphatic heterocycles. The summed E-state index contributed by atoms with van der Waals surface area (Å²) < 4.78 is 5.83. The molecule has 0 unspecified atom stereocenters. The van der Waals surface area contributed by atoms with Gasteiger partial charge in [-0.3, -0.25) is 4.79 Å². The second kappa shape index (κ2) is 6.48. The standard InChI is InChI=1S/C19H17N5O2/c20-11-19(7-8-19)24-17(25)14-10-21-16-15(14)18(23-12-22-16)26-9-6-13-4-2-1-3-5-13/h1-5,10,12H,6-9H2,(H,24,25)(H,21,22,23). The third-order valence-corrected chi connectivity index (χ3v) is 4.47. The van der Waals surface area contributed by atoms with Crippen LogP contribution in [0, 0.1) is 11.3 Å². The van der Waals surface area contributed by atoms with Gasteiger partial charge >= 0.3 is 0 Å². The largest absolute Gasteiger partial charge is 0.477 e. The molecule has 1 amide bonds. The number of aromatic amines is 1. The van der Waals surface area contributed by atoms with E-state index in [1.54, 1.807) is 6.20 Å². The number of benzene rings is 1. The van der Waals surface area contributed by atoms with Crippen molar-refractivity contribution < 1.29 is 9.53 Å². The number of H-pyrrole nitrogens is 1. The smallest absolute Gasteiger partial charge is 0.254 e. The van der Waals surface area contributed by atoms with Crippen LogP contribution in [-0.2, 0) is 6.42 Å². The van der Waals surface area contributed by atoms with Crippen LogP contribution >= 0.6 is 0 Å². The summed E-state index contributed by atoms with van der Waals surface area (Å²) in [6.07, 6.45) is 5.06. The molecule has 0 atom stereocenters. The molecule has 7 nitrogen and oxygen atoms in total. The van der Waals surface area contributed by atoms with Crippen molar-refractivity contribution in [2.24, 2.45) is 0 Å². The zero-order chi connectivity index (χ0) is 18.0. The highest BCUT2D eigenvalue weighted by molar-refractivity contribution is 6.08. The maximum absolute atomic E-state index is 12.6. The predicted octanol–water partition coefficient (Wildman–Crippen LogP) is 2.37. The lowest BCUT2D eigenvalue weighted by Crippen LogP contribution is -2.35. The van der Waals surface area contributed by atoms with E-state index in [9.17, 15) is 10.1 Å². The molecule has 3 aromatic rings. The van der Waals surface area contributed by atoms with Crippen molar-refractivity contribution in [3.05, 3.63) is 54.0 Å². The Balaban J connectivity index is 1.54. The number of amides is 1. The third kappa shape index (κ3) is 3.09. The van der Waals surface area contributed by atoms with Gasteiger partial charge in [-0.25, -0.2) is 9.97 Å². The molecule has 1 fully saturated rings. The number of aromatic nitrogens is 3. The van der Waals surface area contributed by atoms with Crippen LogP contribution in [0.25, 0.3) is 11.0 Å². The van der Waals surface area contributed by atoms with Crippen LogP contribution in [0.1, 0.15) is 28.8 Å². The Bertz CT molecular complexity index is 986. The Hall–Kier alpha value is -3.40. The number of hydrogen-bond donors (Lipinski definition) is 2. The minimum atomic E-state index is -0.732. The van der Waals surface area contributed by atoms with Gasteiger partial charge in [-0.2, -0.15) is 5.26 Å². The number of nitriles is 1. The minimum Gasteiger partial charge on any atom is -0.477 e. The number of nitrogens with zero attached hydrogens (tertiary/aromatic N) is 3. The highest BCUT2D eigenvalue weighted by atomic mass is 16.5. The molecule has 0 spiro atoms. The maximum atomic E-state index is 12.6. The highest BCUT2D eigenvalue weighted by Gasteiger charge is 2.45. The van der Waals surface area contributed by atoms with E-state index in [0.717, 1.165) is 12.0 Å². The molecule has 2 heterocycles. The van der Waals surface area contributed by atoms with Gasteiger partial charge in [-0.05, 0) is 18.4 Å². The molecule has 1 aliphatic carbocycles. The summed E-state index contributed by atoms with van der Waals surface area (Å²) in [6.45, 7) is 0.435. The Morgan fingerprint density at radius 2 is 2.12 bits per heavy atom. The van der Waals surface area contributed by atoms with Crippen LogP contribution in [0.15, 0.2) is 42.9 Å². The fraction of sp³-hybridized carbons (Fsp3) is 0.263. The van der Waals surface area contributed by atoms with E-state index < -0.39 is 5.54 Å². The number of rotatable bonds is 6. The molecule has 2 aromatic heterocycles. The topological polar surface area (TPSA) is 104 Å². The molecule has 0 radical (unpaired) electrons. The Morgan fingerprint density at radius 1 is 1.31 bits per heavy atom. The van der Waals surface area contributed by atoms with Crippen molar-refractivity contribution in [1.82, 2.24) is 20.3 Å². The fourth-order valence-corrected chi connectivity index (χ4v) is 2.81. The lowest BCUT2D eigenvalue weighted by Gasteiger charge is -2.10. The van der Waals surface area contributed by atoms with Crippen LogP contribution in [-0.4, -0.2) is 33.0 Å². The second-order valence-electron chi connectivity index (χ2n) is 6.34. The van der Waals surface area contributed by atoms with Crippen molar-refractivity contribution in [3.8, 4) is 11.9 Å². The number of carbonyl (C=O) groups excluding carboxylic acids is 1. The van der Waals surface area contributed by atoms with Gasteiger partial charge in [0, 0.05) is 12.6 Å². The summed E-state index contributed by atoms with van der Waals surface area (Å²) >= 11 is 0. The average molecular weight is 347 g/mol. The van der Waals surface area contributed by atoms with E-state index in [1.807, 2.05) is 30.3 Å². The number of fused-ring (bicyclic) bond motifs is 1. The quantitative estimate of drug-likeness (QED) is 0.712. The molecule has 0 bridgehead atoms. The van der Waals surface area contributed by atoms with Gasteiger partial charge in [0.2, 0.25) is 5.88 Å². The van der Waals surface area contributed by atoms with Gasteiger partial charge in [0.25, 0.3) is 5.91 Å². The van der Waals surface area contributed by atoms with Crippen molar-refractivity contribution in [3.63, 3.8) is 0 Å². The van der Waals surface area contributed by atoms with E-state index >= 15 is 0 Å². The molecular weight excluding hydrogens is 330 g/mol. The zero-order valence-corrected chi connectivity index (χ0v) is 14.0. The first-order valence-electron chi connectivity index (χ1n) is 8.43. The SMILES string of the molecule is N#CC1(NC(=O)c2c[nH]c3ncnc(OCCc4ccccc4)c23)CC1. The molecule has 7 heteroatoms. The van der Waals surface area contributed by atoms with Crippen LogP contribution in [0.3, 0.4) is 0 Å². The van der Waals surface area contributed by atoms with E-state index in [0.29, 0.717) is 41.9 Å². The molecule has 0 saturated heterocycles. The molecule has 1 aromatic carbocycles. The van der Waals surface area contributed by atoms with Crippen LogP contribution in [0.4, 0.5) is 0 Å². The van der Waals surface area contributed by atoms with E-state index in [4.69, 9.17) is 4.74 Å². The summed E-state index contributed by atoms with van der Waals surface area (Å²) in [5.41, 5.74) is 1.35. The Morgan fingerprint density at radius 3 is 2.85 bits per heavy atom. The number of nitrogens with one attached hydrogen (secondary N) is 2. The normalized spacial score (nSPS) is 14.6. The average Bonchev–Trinajstić information content (AvgIpc) is 3.30. The number of ether oxygens (including phenoxy) is 1. The highest BCUT2D eigenvalue weighted by Crippen LogP contribution is 2.35. The lowest BCUT2D eigenvalue weighted by atomic mass is 10.2. The summed E-state index contributed by atoms with van der Waals surface area (Å²) in [5.74, 6) is 0.0390. The van der Waals surface area contributed by atoms with Crippen molar-refractivity contribution >= 4 is 16.9 Å². The Labute approximate surface area is 150 Å². The van der Waals surface area contributed by atoms with Gasteiger partial charge in [0.05, 0.1) is 23.6 Å². The molecule has 130 valence electrons. The Kier molecular flexibility index (Phi) is 4.01. The third-order valence-electron chi connectivity index (χ3n) is 4.47. The van der Waals surface area contributed by atoms with Gasteiger partial charge < -0.3 is 15.0 Å². The molecular formula is C19H17N5O2. The van der Waals surface area contributed by atoms with Crippen molar-refractivity contribution in [2.75, 3.05) is 6.61 Å². The van der Waals surface area contributed by atoms with Crippen LogP contribution in [0.2, 0.25) is 0 Å². The maximum Gasteiger partial charge on any atom is 0.254 e. The van der Waals surface area contributed by atoms with E-state index in [1.165, 1.54) is 6.33 Å². The number of hydrogen-bond acceptors (Lipinski definition) is 5. The van der Waals surface area contributed by atoms with Crippen molar-refractivity contribution in [1.29, 1.82) is 5.26 Å². The molecule has 4 rings (SSSR count). The summed E-state index contributed by atoms with van der Waals surface area (Å²) in [7, 11) is 0. The first-order valence-corrected chi connectivity index (χ1v) is 8.43. The monoisotopic (exact) mass is 347 g/mol. The molecule has 1 aliphatic rings. The van der Waals surface area contributed by atoms with Gasteiger partial charge in [0.15, 0.2) is 0 Å². The summed E-state index contributed by atoms with van der Waals surface area (Å²) in [4.78, 5) is 23.9. The van der Waals surface area contributed by atoms with Gasteiger partial charge in [0.1, 0.15) is 17.5 Å². The predicted molar refractivity (Wildman–Crippen MR) is 94.6 cm³/mol. The first-order chi connectivity index (χ1) is 12.7. The molecule has 2 N–H and O–H groups in total. The lowest BCUT2D eigenvalue weighted by molar-refractivity contribution is 0.0943. The second-order valence-corrected chi connectivity index (χ2v) is 6.34. The van der Waals surface area contributed by atoms with Crippen molar-refractivity contribution in [2.45, 2.75) is 24.8 Å². The minimum absolute atomic E-state index is 0.321. The molecule has 26 heavy (non-hydrogen) atoms. The van der Waals surface area contributed by atoms with E-state index in [2.05, 4.69) is 26.3 Å². The zero-order valence-electron chi connectivity index (χ0n) is 14.0. The van der Waals surface area contributed by atoms with Crippen LogP contribution in [0.5, 0.6) is 5.88 Å². The first kappa shape index (κ1) is 16.1. The van der Waals surface area contributed by atoms with Gasteiger partial charge in [-0.15, -0.1) is 0 Å². The molecule has 1 saturated carbocycles. The van der Waals surface area contributed by atoms with Crippen LogP contribution < -0.4 is 10.1 Å². The number of carbonyl (C=O) groups is 1. The summed E-state index contributed by atoms with van der Waals surface area (Å²) in [5, 5.41) is 12.5. The fourth-order valence-electron chi connectivity index (χ4n) is 2.81. The summed E-state index contributed by atoms with van der Waals surface area (Å²) in [6, 6.07) is 12.2. The van der Waals surface area contributed by atoms with E-state index in [-0.39, 0.29) is 5.91 Å². The van der Waals surface area contributed by atoms with Gasteiger partial charge in [-0.1, -0.05) is 30.3 Å².